The molecule has 11 heteroatoms. The number of benzene rings is 3. The number of carbonyl (C=O) groups is 1. The van der Waals surface area contributed by atoms with Crippen LogP contribution in [0.3, 0.4) is 0 Å². The smallest absolute Gasteiger partial charge is 0.416 e. The van der Waals surface area contributed by atoms with Crippen molar-refractivity contribution in [1.82, 2.24) is 24.6 Å². The number of likely N-dealkylation sites (tertiary alicyclic amines) is 1. The quantitative estimate of drug-likeness (QED) is 0.221. The van der Waals surface area contributed by atoms with Gasteiger partial charge in [0.1, 0.15) is 29.3 Å². The molecule has 1 aliphatic rings. The van der Waals surface area contributed by atoms with Crippen molar-refractivity contribution in [3.8, 4) is 22.8 Å². The average molecular weight is 585 g/mol. The van der Waals surface area contributed by atoms with Gasteiger partial charge in [0, 0.05) is 24.7 Å². The minimum absolute atomic E-state index is 0.164. The largest absolute Gasteiger partial charge is 0.457 e. The van der Waals surface area contributed by atoms with Crippen molar-refractivity contribution < 1.29 is 22.7 Å². The molecule has 6 rings (SSSR count). The molecule has 1 saturated heterocycles. The summed E-state index contributed by atoms with van der Waals surface area (Å²) < 4.78 is 46.3. The maximum Gasteiger partial charge on any atom is 0.416 e. The van der Waals surface area contributed by atoms with Crippen LogP contribution in [0.25, 0.3) is 28.4 Å². The van der Waals surface area contributed by atoms with Gasteiger partial charge in [0.15, 0.2) is 5.65 Å². The molecule has 0 spiro atoms. The molecule has 0 aliphatic carbocycles. The van der Waals surface area contributed by atoms with E-state index in [9.17, 15) is 18.0 Å². The summed E-state index contributed by atoms with van der Waals surface area (Å²) in [7, 11) is 0. The van der Waals surface area contributed by atoms with E-state index in [4.69, 9.17) is 15.6 Å². The van der Waals surface area contributed by atoms with Crippen LogP contribution in [-0.2, 0) is 11.0 Å². The summed E-state index contributed by atoms with van der Waals surface area (Å²) in [4.78, 5) is 23.5. The van der Waals surface area contributed by atoms with Crippen molar-refractivity contribution in [2.75, 3.05) is 18.8 Å². The molecule has 0 radical (unpaired) electrons. The number of halogens is 3. The van der Waals surface area contributed by atoms with Crippen LogP contribution < -0.4 is 10.5 Å². The fraction of sp³-hybridized carbons (Fsp3) is 0.188. The number of aromatic nitrogens is 4. The summed E-state index contributed by atoms with van der Waals surface area (Å²) in [5.74, 6) is 1.48. The van der Waals surface area contributed by atoms with Crippen LogP contribution in [0, 0.1) is 0 Å². The Bertz CT molecular complexity index is 1770. The average Bonchev–Trinajstić information content (AvgIpc) is 3.42. The molecule has 5 aromatic rings. The number of nitrogens with two attached hydrogens (primary N) is 1. The highest BCUT2D eigenvalue weighted by atomic mass is 19.4. The normalized spacial score (nSPS) is 15.7. The summed E-state index contributed by atoms with van der Waals surface area (Å²) in [5.41, 5.74) is 8.10. The number of hydrogen-bond donors (Lipinski definition) is 1. The van der Waals surface area contributed by atoms with E-state index < -0.39 is 11.7 Å². The van der Waals surface area contributed by atoms with Crippen LogP contribution in [-0.4, -0.2) is 43.6 Å². The minimum Gasteiger partial charge on any atom is -0.457 e. The van der Waals surface area contributed by atoms with Crippen LogP contribution in [0.5, 0.6) is 11.5 Å². The Kier molecular flexibility index (Phi) is 7.54. The first kappa shape index (κ1) is 28.0. The Morgan fingerprint density at radius 3 is 2.40 bits per heavy atom. The molecular formula is C32H27F3N6O2. The first-order valence-electron chi connectivity index (χ1n) is 13.7. The molecule has 0 bridgehead atoms. The molecule has 3 aromatic carbocycles. The Morgan fingerprint density at radius 1 is 0.953 bits per heavy atom. The van der Waals surface area contributed by atoms with Gasteiger partial charge in [-0.05, 0) is 73.0 Å². The predicted octanol–water partition coefficient (Wildman–Crippen LogP) is 6.76. The van der Waals surface area contributed by atoms with Gasteiger partial charge in [-0.2, -0.15) is 18.3 Å². The number of para-hydroxylation sites is 1. The molecule has 8 nitrogen and oxygen atoms in total. The molecule has 2 N–H and O–H groups in total. The molecule has 0 saturated carbocycles. The standard InChI is InChI=1S/C32H27F3N6O2/c33-32(34,35)23-13-8-21(9-14-23)10-17-27(42)40-18-4-5-24(19-40)41-31-28(30(36)37-20-38-31)29(39-41)22-11-15-26(16-12-22)43-25-6-2-1-3-7-25/h1-3,6-17,20,24H,4-5,18-19H2,(H2,36,37,38). The van der Waals surface area contributed by atoms with Crippen molar-refractivity contribution in [3.63, 3.8) is 0 Å². The van der Waals surface area contributed by atoms with E-state index in [1.165, 1.54) is 30.6 Å². The van der Waals surface area contributed by atoms with Gasteiger partial charge in [-0.15, -0.1) is 0 Å². The maximum atomic E-state index is 13.1. The number of hydrogen-bond acceptors (Lipinski definition) is 6. The van der Waals surface area contributed by atoms with E-state index in [1.54, 1.807) is 4.90 Å². The molecular weight excluding hydrogens is 557 g/mol. The third-order valence-electron chi connectivity index (χ3n) is 7.34. The van der Waals surface area contributed by atoms with E-state index >= 15 is 0 Å². The monoisotopic (exact) mass is 584 g/mol. The number of piperidine rings is 1. The van der Waals surface area contributed by atoms with Crippen LogP contribution in [0.15, 0.2) is 91.3 Å². The number of alkyl halides is 3. The Balaban J connectivity index is 1.22. The summed E-state index contributed by atoms with van der Waals surface area (Å²) in [5, 5.41) is 5.55. The zero-order chi connectivity index (χ0) is 30.0. The molecule has 218 valence electrons. The van der Waals surface area contributed by atoms with E-state index in [-0.39, 0.29) is 11.9 Å². The van der Waals surface area contributed by atoms with E-state index in [1.807, 2.05) is 59.3 Å². The predicted molar refractivity (Wildman–Crippen MR) is 157 cm³/mol. The van der Waals surface area contributed by atoms with Gasteiger partial charge in [-0.3, -0.25) is 4.79 Å². The molecule has 43 heavy (non-hydrogen) atoms. The summed E-state index contributed by atoms with van der Waals surface area (Å²) in [6.07, 6.45) is 1.41. The van der Waals surface area contributed by atoms with Crippen molar-refractivity contribution in [2.45, 2.75) is 25.1 Å². The van der Waals surface area contributed by atoms with E-state index in [0.29, 0.717) is 46.9 Å². The number of nitrogen functional groups attached to an aromatic ring is 1. The number of amides is 1. The van der Waals surface area contributed by atoms with E-state index in [0.717, 1.165) is 36.3 Å². The number of carbonyl (C=O) groups excluding carboxylic acids is 1. The Labute approximate surface area is 245 Å². The van der Waals surface area contributed by atoms with Crippen LogP contribution >= 0.6 is 0 Å². The van der Waals surface area contributed by atoms with Gasteiger partial charge >= 0.3 is 6.18 Å². The fourth-order valence-corrected chi connectivity index (χ4v) is 5.17. The second kappa shape index (κ2) is 11.6. The maximum absolute atomic E-state index is 13.1. The first-order chi connectivity index (χ1) is 20.8. The Hall–Kier alpha value is -5.19. The molecule has 1 amide bonds. The van der Waals surface area contributed by atoms with Crippen LogP contribution in [0.4, 0.5) is 19.0 Å². The number of fused-ring (bicyclic) bond motifs is 1. The third-order valence-corrected chi connectivity index (χ3v) is 7.34. The lowest BCUT2D eigenvalue weighted by Crippen LogP contribution is -2.40. The number of nitrogens with zero attached hydrogens (tertiary/aromatic N) is 5. The Morgan fingerprint density at radius 2 is 1.67 bits per heavy atom. The zero-order valence-corrected chi connectivity index (χ0v) is 22.9. The molecule has 1 fully saturated rings. The van der Waals surface area contributed by atoms with Crippen LogP contribution in [0.1, 0.15) is 30.0 Å². The first-order valence-corrected chi connectivity index (χ1v) is 13.7. The minimum atomic E-state index is -4.41. The van der Waals surface area contributed by atoms with Crippen molar-refractivity contribution in [2.24, 2.45) is 0 Å². The molecule has 1 atom stereocenters. The second-order valence-corrected chi connectivity index (χ2v) is 10.2. The third kappa shape index (κ3) is 6.06. The lowest BCUT2D eigenvalue weighted by Gasteiger charge is -2.32. The lowest BCUT2D eigenvalue weighted by molar-refractivity contribution is -0.137. The van der Waals surface area contributed by atoms with Gasteiger partial charge < -0.3 is 15.4 Å². The summed E-state index contributed by atoms with van der Waals surface area (Å²) in [6.45, 7) is 0.943. The van der Waals surface area contributed by atoms with Gasteiger partial charge in [-0.25, -0.2) is 14.6 Å². The topological polar surface area (TPSA) is 99.2 Å². The summed E-state index contributed by atoms with van der Waals surface area (Å²) in [6, 6.07) is 21.5. The van der Waals surface area contributed by atoms with Gasteiger partial charge in [-0.1, -0.05) is 30.3 Å². The molecule has 2 aromatic heterocycles. The van der Waals surface area contributed by atoms with Gasteiger partial charge in [0.2, 0.25) is 5.91 Å². The lowest BCUT2D eigenvalue weighted by atomic mass is 10.1. The van der Waals surface area contributed by atoms with Crippen molar-refractivity contribution in [3.05, 3.63) is 102 Å². The highest BCUT2D eigenvalue weighted by Crippen LogP contribution is 2.35. The second-order valence-electron chi connectivity index (χ2n) is 10.2. The van der Waals surface area contributed by atoms with Crippen LogP contribution in [0.2, 0.25) is 0 Å². The SMILES string of the molecule is Nc1ncnc2c1c(-c1ccc(Oc3ccccc3)cc1)nn2C1CCCN(C(=O)C=Cc2ccc(C(F)(F)F)cc2)C1. The number of anilines is 1. The van der Waals surface area contributed by atoms with Gasteiger partial charge in [0.25, 0.3) is 0 Å². The number of ether oxygens (including phenoxy) is 1. The van der Waals surface area contributed by atoms with Crippen molar-refractivity contribution in [1.29, 1.82) is 0 Å². The molecule has 1 unspecified atom stereocenters. The van der Waals surface area contributed by atoms with Gasteiger partial charge in [0.05, 0.1) is 17.0 Å². The van der Waals surface area contributed by atoms with E-state index in [2.05, 4.69) is 9.97 Å². The molecule has 1 aliphatic heterocycles. The fourth-order valence-electron chi connectivity index (χ4n) is 5.17. The highest BCUT2D eigenvalue weighted by molar-refractivity contribution is 5.98. The van der Waals surface area contributed by atoms with Crippen molar-refractivity contribution >= 4 is 28.8 Å². The highest BCUT2D eigenvalue weighted by Gasteiger charge is 2.30. The molecule has 3 heterocycles. The number of rotatable bonds is 6. The zero-order valence-electron chi connectivity index (χ0n) is 22.9. The summed E-state index contributed by atoms with van der Waals surface area (Å²) >= 11 is 0.